The monoisotopic (exact) mass is 233 g/mol. The Bertz CT molecular complexity index is 305. The maximum atomic E-state index is 3.95. The summed E-state index contributed by atoms with van der Waals surface area (Å²) in [6.45, 7) is 6.51. The Hall–Kier alpha value is -0.300. The van der Waals surface area contributed by atoms with Gasteiger partial charge >= 0.3 is 0 Å². The van der Waals surface area contributed by atoms with Gasteiger partial charge in [0.2, 0.25) is 0 Å². The zero-order valence-electron chi connectivity index (χ0n) is 11.5. The summed E-state index contributed by atoms with van der Waals surface area (Å²) in [5.74, 6) is 2.06. The summed E-state index contributed by atoms with van der Waals surface area (Å²) in [5.41, 5.74) is 1.27. The summed E-state index contributed by atoms with van der Waals surface area (Å²) in [4.78, 5) is 0. The van der Waals surface area contributed by atoms with Crippen LogP contribution in [0.25, 0.3) is 0 Å². The van der Waals surface area contributed by atoms with Crippen LogP contribution in [0.4, 0.5) is 0 Å². The maximum Gasteiger partial charge on any atom is 0.0155 e. The van der Waals surface area contributed by atoms with Crippen molar-refractivity contribution in [2.75, 3.05) is 7.05 Å². The largest absolute Gasteiger partial charge is 0.316 e. The number of hydrogen-bond donors (Lipinski definition) is 1. The van der Waals surface area contributed by atoms with E-state index < -0.39 is 0 Å². The number of nitrogens with one attached hydrogen (secondary N) is 1. The summed E-state index contributed by atoms with van der Waals surface area (Å²) in [6, 6.07) is 0.672. The lowest BCUT2D eigenvalue weighted by atomic mass is 9.43. The van der Waals surface area contributed by atoms with Crippen LogP contribution in [0.5, 0.6) is 0 Å². The van der Waals surface area contributed by atoms with Crippen LogP contribution in [0, 0.1) is 22.7 Å². The molecule has 0 aliphatic heterocycles. The minimum absolute atomic E-state index is 0.599. The van der Waals surface area contributed by atoms with Gasteiger partial charge in [-0.3, -0.25) is 0 Å². The van der Waals surface area contributed by atoms with Crippen molar-refractivity contribution in [1.29, 1.82) is 0 Å². The highest BCUT2D eigenvalue weighted by Crippen LogP contribution is 2.66. The highest BCUT2D eigenvalue weighted by atomic mass is 14.9. The van der Waals surface area contributed by atoms with Gasteiger partial charge in [-0.1, -0.05) is 13.0 Å². The summed E-state index contributed by atoms with van der Waals surface area (Å²) in [5, 5.41) is 3.61. The molecule has 1 nitrogen and oxygen atoms in total. The fourth-order valence-electron chi connectivity index (χ4n) is 6.05. The van der Waals surface area contributed by atoms with Crippen molar-refractivity contribution in [3.8, 4) is 0 Å². The first-order chi connectivity index (χ1) is 8.09. The molecule has 0 aromatic carbocycles. The molecule has 96 valence electrons. The standard InChI is InChI=1S/C16H27N/c1-4-5-14(17-3)16-9-12-6-13(10-16)8-15(2,7-12)11-16/h4,12-14,17H,1,5-11H2,2-3H3. The molecule has 0 amide bonds. The SMILES string of the molecule is C=CCC(NC)C12CC3CC(CC(C)(C3)C1)C2. The molecule has 1 heteroatoms. The van der Waals surface area contributed by atoms with Crippen LogP contribution in [-0.2, 0) is 0 Å². The lowest BCUT2D eigenvalue weighted by molar-refractivity contribution is -0.116. The molecule has 0 radical (unpaired) electrons. The zero-order valence-corrected chi connectivity index (χ0v) is 11.5. The van der Waals surface area contributed by atoms with Gasteiger partial charge in [0.1, 0.15) is 0 Å². The molecule has 0 spiro atoms. The minimum Gasteiger partial charge on any atom is -0.316 e. The first-order valence-electron chi connectivity index (χ1n) is 7.37. The van der Waals surface area contributed by atoms with E-state index in [1.807, 2.05) is 0 Å². The maximum absolute atomic E-state index is 3.95. The number of rotatable bonds is 4. The van der Waals surface area contributed by atoms with Gasteiger partial charge in [0.25, 0.3) is 0 Å². The van der Waals surface area contributed by atoms with Gasteiger partial charge in [0.05, 0.1) is 0 Å². The third-order valence-electron chi connectivity index (χ3n) is 5.89. The van der Waals surface area contributed by atoms with Crippen molar-refractivity contribution in [2.24, 2.45) is 22.7 Å². The van der Waals surface area contributed by atoms with E-state index >= 15 is 0 Å². The quantitative estimate of drug-likeness (QED) is 0.729. The molecule has 0 saturated heterocycles. The van der Waals surface area contributed by atoms with E-state index in [1.54, 1.807) is 0 Å². The normalized spacial score (nSPS) is 49.3. The summed E-state index contributed by atoms with van der Waals surface area (Å²) < 4.78 is 0. The van der Waals surface area contributed by atoms with Crippen LogP contribution in [0.15, 0.2) is 12.7 Å². The fraction of sp³-hybridized carbons (Fsp3) is 0.875. The van der Waals surface area contributed by atoms with E-state index in [2.05, 4.69) is 31.9 Å². The highest BCUT2D eigenvalue weighted by Gasteiger charge is 2.57. The van der Waals surface area contributed by atoms with Gasteiger partial charge in [-0.2, -0.15) is 0 Å². The Morgan fingerprint density at radius 3 is 2.41 bits per heavy atom. The summed E-state index contributed by atoms with van der Waals surface area (Å²) >= 11 is 0. The average Bonchev–Trinajstić information content (AvgIpc) is 2.22. The Morgan fingerprint density at radius 2 is 1.94 bits per heavy atom. The summed E-state index contributed by atoms with van der Waals surface area (Å²) in [6.07, 6.45) is 12.2. The molecule has 4 bridgehead atoms. The van der Waals surface area contributed by atoms with Gasteiger partial charge in [-0.15, -0.1) is 6.58 Å². The second-order valence-corrected chi connectivity index (χ2v) is 7.50. The van der Waals surface area contributed by atoms with E-state index in [4.69, 9.17) is 0 Å². The third-order valence-corrected chi connectivity index (χ3v) is 5.89. The van der Waals surface area contributed by atoms with Crippen LogP contribution in [0.2, 0.25) is 0 Å². The molecule has 0 aromatic heterocycles. The van der Waals surface area contributed by atoms with Crippen molar-refractivity contribution in [3.63, 3.8) is 0 Å². The van der Waals surface area contributed by atoms with Crippen molar-refractivity contribution >= 4 is 0 Å². The predicted octanol–water partition coefficient (Wildman–Crippen LogP) is 3.76. The molecule has 4 aliphatic rings. The van der Waals surface area contributed by atoms with Crippen LogP contribution in [-0.4, -0.2) is 13.1 Å². The molecule has 4 rings (SSSR count). The van der Waals surface area contributed by atoms with Gasteiger partial charge in [0.15, 0.2) is 0 Å². The Morgan fingerprint density at radius 1 is 1.29 bits per heavy atom. The van der Waals surface area contributed by atoms with Crippen LogP contribution < -0.4 is 5.32 Å². The lowest BCUT2D eigenvalue weighted by Gasteiger charge is -2.63. The van der Waals surface area contributed by atoms with Crippen LogP contribution >= 0.6 is 0 Å². The van der Waals surface area contributed by atoms with Crippen molar-refractivity contribution in [3.05, 3.63) is 12.7 Å². The van der Waals surface area contributed by atoms with Gasteiger partial charge in [-0.05, 0) is 74.7 Å². The first-order valence-corrected chi connectivity index (χ1v) is 7.37. The minimum atomic E-state index is 0.599. The molecular weight excluding hydrogens is 206 g/mol. The van der Waals surface area contributed by atoms with Crippen molar-refractivity contribution in [2.45, 2.75) is 57.9 Å². The smallest absolute Gasteiger partial charge is 0.0155 e. The molecule has 1 N–H and O–H groups in total. The Balaban J connectivity index is 1.89. The van der Waals surface area contributed by atoms with E-state index in [0.717, 1.165) is 18.3 Å². The highest BCUT2D eigenvalue weighted by molar-refractivity contribution is 5.10. The third kappa shape index (κ3) is 1.78. The average molecular weight is 233 g/mol. The molecule has 4 aliphatic carbocycles. The molecule has 4 fully saturated rings. The molecule has 17 heavy (non-hydrogen) atoms. The summed E-state index contributed by atoms with van der Waals surface area (Å²) in [7, 11) is 2.15. The second-order valence-electron chi connectivity index (χ2n) is 7.50. The fourth-order valence-corrected chi connectivity index (χ4v) is 6.05. The number of hydrogen-bond acceptors (Lipinski definition) is 1. The second kappa shape index (κ2) is 3.85. The lowest BCUT2D eigenvalue weighted by Crippen LogP contribution is -2.58. The molecule has 3 atom stereocenters. The first kappa shape index (κ1) is 11.8. The molecule has 3 unspecified atom stereocenters. The van der Waals surface area contributed by atoms with E-state index in [9.17, 15) is 0 Å². The topological polar surface area (TPSA) is 12.0 Å². The Kier molecular flexibility index (Phi) is 2.66. The van der Waals surface area contributed by atoms with E-state index in [-0.39, 0.29) is 0 Å². The van der Waals surface area contributed by atoms with Gasteiger partial charge in [0, 0.05) is 6.04 Å². The van der Waals surface area contributed by atoms with E-state index in [0.29, 0.717) is 16.9 Å². The van der Waals surface area contributed by atoms with Crippen LogP contribution in [0.3, 0.4) is 0 Å². The van der Waals surface area contributed by atoms with Gasteiger partial charge in [-0.25, -0.2) is 0 Å². The van der Waals surface area contributed by atoms with Crippen molar-refractivity contribution < 1.29 is 0 Å². The van der Waals surface area contributed by atoms with Crippen molar-refractivity contribution in [1.82, 2.24) is 5.32 Å². The predicted molar refractivity (Wildman–Crippen MR) is 72.9 cm³/mol. The van der Waals surface area contributed by atoms with Gasteiger partial charge < -0.3 is 5.32 Å². The molecule has 0 aromatic rings. The molecule has 4 saturated carbocycles. The molecule has 0 heterocycles. The van der Waals surface area contributed by atoms with Crippen LogP contribution in [0.1, 0.15) is 51.9 Å². The Labute approximate surface area is 106 Å². The molecular formula is C16H27N. The van der Waals surface area contributed by atoms with E-state index in [1.165, 1.54) is 38.5 Å². The zero-order chi connectivity index (χ0) is 12.1.